The largest absolute Gasteiger partial charge is 0.462 e. The van der Waals surface area contributed by atoms with E-state index in [9.17, 15) is 10.1 Å². The highest BCUT2D eigenvalue weighted by Crippen LogP contribution is 2.27. The van der Waals surface area contributed by atoms with Gasteiger partial charge in [0.05, 0.1) is 23.4 Å². The van der Waals surface area contributed by atoms with E-state index in [-0.39, 0.29) is 0 Å². The molecule has 0 aliphatic heterocycles. The Morgan fingerprint density at radius 3 is 2.70 bits per heavy atom. The van der Waals surface area contributed by atoms with Gasteiger partial charge in [0.2, 0.25) is 0 Å². The molecule has 23 heavy (non-hydrogen) atoms. The first-order valence-electron chi connectivity index (χ1n) is 7.01. The standard InChI is InChI=1S/C17H15BrN2O2S/c1-3-22-17(21)15-8-13(9-19)16(20-11(15)2)23-10-12-4-6-14(18)7-5-12/h4-8H,3,10H2,1-2H3. The van der Waals surface area contributed by atoms with Gasteiger partial charge >= 0.3 is 5.97 Å². The Labute approximate surface area is 148 Å². The number of rotatable bonds is 5. The lowest BCUT2D eigenvalue weighted by Crippen LogP contribution is -2.09. The number of benzene rings is 1. The molecule has 0 atom stereocenters. The molecule has 0 radical (unpaired) electrons. The number of hydrogen-bond donors (Lipinski definition) is 0. The van der Waals surface area contributed by atoms with Gasteiger partial charge in [0.15, 0.2) is 0 Å². The highest BCUT2D eigenvalue weighted by molar-refractivity contribution is 9.10. The van der Waals surface area contributed by atoms with Crippen molar-refractivity contribution in [3.8, 4) is 6.07 Å². The van der Waals surface area contributed by atoms with Crippen LogP contribution < -0.4 is 0 Å². The summed E-state index contributed by atoms with van der Waals surface area (Å²) >= 11 is 4.88. The van der Waals surface area contributed by atoms with Crippen LogP contribution in [0, 0.1) is 18.3 Å². The number of aryl methyl sites for hydroxylation is 1. The molecule has 0 amide bonds. The Morgan fingerprint density at radius 2 is 2.09 bits per heavy atom. The second-order valence-corrected chi connectivity index (χ2v) is 6.60. The van der Waals surface area contributed by atoms with E-state index in [4.69, 9.17) is 4.74 Å². The Bertz CT molecular complexity index is 754. The summed E-state index contributed by atoms with van der Waals surface area (Å²) in [4.78, 5) is 16.3. The van der Waals surface area contributed by atoms with E-state index in [1.807, 2.05) is 24.3 Å². The second kappa shape index (κ2) is 8.14. The molecular weight excluding hydrogens is 376 g/mol. The van der Waals surface area contributed by atoms with Crippen molar-refractivity contribution in [2.45, 2.75) is 24.6 Å². The van der Waals surface area contributed by atoms with Crippen LogP contribution in [0.5, 0.6) is 0 Å². The number of aromatic nitrogens is 1. The van der Waals surface area contributed by atoms with Crippen LogP contribution in [0.1, 0.15) is 34.1 Å². The van der Waals surface area contributed by atoms with Crippen molar-refractivity contribution in [1.29, 1.82) is 5.26 Å². The number of thioether (sulfide) groups is 1. The Hall–Kier alpha value is -1.84. The molecule has 0 bridgehead atoms. The fourth-order valence-electron chi connectivity index (χ4n) is 1.92. The molecule has 0 N–H and O–H groups in total. The van der Waals surface area contributed by atoms with Crippen LogP contribution >= 0.6 is 27.7 Å². The first-order chi connectivity index (χ1) is 11.0. The third-order valence-electron chi connectivity index (χ3n) is 3.08. The van der Waals surface area contributed by atoms with Gasteiger partial charge in [0, 0.05) is 10.2 Å². The number of esters is 1. The summed E-state index contributed by atoms with van der Waals surface area (Å²) in [6.45, 7) is 3.78. The lowest BCUT2D eigenvalue weighted by atomic mass is 10.1. The number of ether oxygens (including phenoxy) is 1. The molecule has 0 aliphatic carbocycles. The minimum Gasteiger partial charge on any atom is -0.462 e. The van der Waals surface area contributed by atoms with Crippen molar-refractivity contribution in [3.63, 3.8) is 0 Å². The molecule has 0 saturated carbocycles. The zero-order valence-corrected chi connectivity index (χ0v) is 15.2. The van der Waals surface area contributed by atoms with Crippen LogP contribution in [-0.4, -0.2) is 17.6 Å². The lowest BCUT2D eigenvalue weighted by molar-refractivity contribution is 0.0524. The van der Waals surface area contributed by atoms with Crippen LogP contribution in [0.15, 0.2) is 39.8 Å². The zero-order chi connectivity index (χ0) is 16.8. The van der Waals surface area contributed by atoms with Gasteiger partial charge < -0.3 is 4.74 Å². The highest BCUT2D eigenvalue weighted by Gasteiger charge is 2.16. The van der Waals surface area contributed by atoms with E-state index in [0.717, 1.165) is 10.0 Å². The number of nitriles is 1. The molecule has 1 aromatic heterocycles. The van der Waals surface area contributed by atoms with Crippen LogP contribution in [-0.2, 0) is 10.5 Å². The molecule has 1 heterocycles. The van der Waals surface area contributed by atoms with E-state index in [1.54, 1.807) is 19.9 Å². The fraction of sp³-hybridized carbons (Fsp3) is 0.235. The third-order valence-corrected chi connectivity index (χ3v) is 4.67. The lowest BCUT2D eigenvalue weighted by Gasteiger charge is -2.09. The van der Waals surface area contributed by atoms with Gasteiger partial charge in [-0.25, -0.2) is 9.78 Å². The summed E-state index contributed by atoms with van der Waals surface area (Å²) in [5.41, 5.74) is 2.44. The van der Waals surface area contributed by atoms with Gasteiger partial charge in [-0.15, -0.1) is 11.8 Å². The molecule has 1 aromatic carbocycles. The van der Waals surface area contributed by atoms with E-state index >= 15 is 0 Å². The van der Waals surface area contributed by atoms with Crippen LogP contribution in [0.3, 0.4) is 0 Å². The van der Waals surface area contributed by atoms with Gasteiger partial charge in [0.1, 0.15) is 11.1 Å². The van der Waals surface area contributed by atoms with Crippen molar-refractivity contribution in [3.05, 3.63) is 57.2 Å². The van der Waals surface area contributed by atoms with E-state index in [2.05, 4.69) is 27.0 Å². The number of carbonyl (C=O) groups is 1. The number of nitrogens with zero attached hydrogens (tertiary/aromatic N) is 2. The molecule has 0 fully saturated rings. The van der Waals surface area contributed by atoms with Crippen LogP contribution in [0.25, 0.3) is 0 Å². The molecule has 2 aromatic rings. The second-order valence-electron chi connectivity index (χ2n) is 4.72. The summed E-state index contributed by atoms with van der Waals surface area (Å²) in [5.74, 6) is 0.256. The maximum atomic E-state index is 11.9. The van der Waals surface area contributed by atoms with Crippen molar-refractivity contribution >= 4 is 33.7 Å². The minimum absolute atomic E-state index is 0.292. The molecule has 0 saturated heterocycles. The average molecular weight is 391 g/mol. The number of carbonyl (C=O) groups excluding carboxylic acids is 1. The predicted molar refractivity (Wildman–Crippen MR) is 93.3 cm³/mol. The molecule has 6 heteroatoms. The Morgan fingerprint density at radius 1 is 1.39 bits per heavy atom. The van der Waals surface area contributed by atoms with Crippen LogP contribution in [0.2, 0.25) is 0 Å². The summed E-state index contributed by atoms with van der Waals surface area (Å²) in [5, 5.41) is 9.94. The molecule has 2 rings (SSSR count). The van der Waals surface area contributed by atoms with Gasteiger partial charge in [-0.1, -0.05) is 28.1 Å². The van der Waals surface area contributed by atoms with Crippen molar-refractivity contribution in [2.75, 3.05) is 6.61 Å². The van der Waals surface area contributed by atoms with Gasteiger partial charge in [-0.3, -0.25) is 0 Å². The molecule has 118 valence electrons. The van der Waals surface area contributed by atoms with Crippen molar-refractivity contribution in [1.82, 2.24) is 4.98 Å². The highest BCUT2D eigenvalue weighted by atomic mass is 79.9. The van der Waals surface area contributed by atoms with Gasteiger partial charge in [-0.05, 0) is 37.6 Å². The van der Waals surface area contributed by atoms with E-state index in [1.165, 1.54) is 11.8 Å². The molecule has 4 nitrogen and oxygen atoms in total. The Balaban J connectivity index is 2.22. The number of hydrogen-bond acceptors (Lipinski definition) is 5. The van der Waals surface area contributed by atoms with Gasteiger partial charge in [0.25, 0.3) is 0 Å². The zero-order valence-electron chi connectivity index (χ0n) is 12.8. The fourth-order valence-corrected chi connectivity index (χ4v) is 3.14. The molecule has 0 unspecified atom stereocenters. The average Bonchev–Trinajstić information content (AvgIpc) is 2.54. The third kappa shape index (κ3) is 4.57. The molecule has 0 aliphatic rings. The first-order valence-corrected chi connectivity index (χ1v) is 8.79. The molecule has 0 spiro atoms. The topological polar surface area (TPSA) is 63.0 Å². The monoisotopic (exact) mass is 390 g/mol. The van der Waals surface area contributed by atoms with E-state index in [0.29, 0.717) is 34.2 Å². The normalized spacial score (nSPS) is 10.2. The SMILES string of the molecule is CCOC(=O)c1cc(C#N)c(SCc2ccc(Br)cc2)nc1C. The smallest absolute Gasteiger partial charge is 0.340 e. The number of pyridine rings is 1. The summed E-state index contributed by atoms with van der Waals surface area (Å²) in [6, 6.07) is 11.7. The van der Waals surface area contributed by atoms with E-state index < -0.39 is 5.97 Å². The van der Waals surface area contributed by atoms with Crippen LogP contribution in [0.4, 0.5) is 0 Å². The summed E-state index contributed by atoms with van der Waals surface area (Å²) in [6.07, 6.45) is 0. The maximum Gasteiger partial charge on any atom is 0.340 e. The minimum atomic E-state index is -0.446. The Kier molecular flexibility index (Phi) is 6.20. The molecular formula is C17H15BrN2O2S. The quantitative estimate of drug-likeness (QED) is 0.555. The van der Waals surface area contributed by atoms with Gasteiger partial charge in [-0.2, -0.15) is 5.26 Å². The number of halogens is 1. The maximum absolute atomic E-state index is 11.9. The first kappa shape index (κ1) is 17.5. The summed E-state index contributed by atoms with van der Waals surface area (Å²) in [7, 11) is 0. The predicted octanol–water partition coefficient (Wildman–Crippen LogP) is 4.49. The van der Waals surface area contributed by atoms with Crippen molar-refractivity contribution < 1.29 is 9.53 Å². The summed E-state index contributed by atoms with van der Waals surface area (Å²) < 4.78 is 6.01. The van der Waals surface area contributed by atoms with Crippen molar-refractivity contribution in [2.24, 2.45) is 0 Å².